The van der Waals surface area contributed by atoms with E-state index in [4.69, 9.17) is 16.3 Å². The Kier molecular flexibility index (Phi) is 5.46. The van der Waals surface area contributed by atoms with Gasteiger partial charge < -0.3 is 10.1 Å². The lowest BCUT2D eigenvalue weighted by atomic mass is 10.2. The summed E-state index contributed by atoms with van der Waals surface area (Å²) in [4.78, 5) is 0. The SMILES string of the molecule is CCNCc1ccc(Oc2ccc(Cl)cc2C)c(Br)c1. The topological polar surface area (TPSA) is 21.3 Å². The summed E-state index contributed by atoms with van der Waals surface area (Å²) in [6.07, 6.45) is 0. The van der Waals surface area contributed by atoms with Gasteiger partial charge in [0.25, 0.3) is 0 Å². The first-order valence-corrected chi connectivity index (χ1v) is 7.70. The van der Waals surface area contributed by atoms with Crippen molar-refractivity contribution < 1.29 is 4.74 Å². The van der Waals surface area contributed by atoms with Crippen molar-refractivity contribution in [3.05, 3.63) is 57.0 Å². The molecule has 2 rings (SSSR count). The average molecular weight is 355 g/mol. The molecule has 0 aliphatic carbocycles. The van der Waals surface area contributed by atoms with Crippen molar-refractivity contribution in [2.45, 2.75) is 20.4 Å². The molecule has 0 fully saturated rings. The van der Waals surface area contributed by atoms with Gasteiger partial charge in [0.15, 0.2) is 0 Å². The highest BCUT2D eigenvalue weighted by molar-refractivity contribution is 9.10. The zero-order valence-corrected chi connectivity index (χ0v) is 13.9. The van der Waals surface area contributed by atoms with Crippen LogP contribution >= 0.6 is 27.5 Å². The fourth-order valence-electron chi connectivity index (χ4n) is 1.85. The van der Waals surface area contributed by atoms with E-state index in [1.807, 2.05) is 31.2 Å². The Bertz CT molecular complexity index is 601. The summed E-state index contributed by atoms with van der Waals surface area (Å²) in [7, 11) is 0. The van der Waals surface area contributed by atoms with Gasteiger partial charge in [0.1, 0.15) is 11.5 Å². The van der Waals surface area contributed by atoms with E-state index in [2.05, 4.69) is 40.3 Å². The number of ether oxygens (including phenoxy) is 1. The Morgan fingerprint density at radius 2 is 1.90 bits per heavy atom. The van der Waals surface area contributed by atoms with Gasteiger partial charge in [0.2, 0.25) is 0 Å². The maximum atomic E-state index is 5.95. The van der Waals surface area contributed by atoms with Crippen LogP contribution in [0.1, 0.15) is 18.1 Å². The third kappa shape index (κ3) is 3.98. The highest BCUT2D eigenvalue weighted by Gasteiger charge is 2.06. The average Bonchev–Trinajstić information content (AvgIpc) is 2.42. The van der Waals surface area contributed by atoms with Crippen LogP contribution in [0.3, 0.4) is 0 Å². The molecule has 20 heavy (non-hydrogen) atoms. The summed E-state index contributed by atoms with van der Waals surface area (Å²) >= 11 is 9.51. The minimum atomic E-state index is 0.718. The number of aryl methyl sites for hydroxylation is 1. The molecule has 0 heterocycles. The van der Waals surface area contributed by atoms with Gasteiger partial charge in [-0.05, 0) is 70.9 Å². The molecule has 0 spiro atoms. The highest BCUT2D eigenvalue weighted by atomic mass is 79.9. The minimum Gasteiger partial charge on any atom is -0.456 e. The molecule has 0 unspecified atom stereocenters. The molecule has 2 aromatic rings. The van der Waals surface area contributed by atoms with Gasteiger partial charge in [-0.15, -0.1) is 0 Å². The largest absolute Gasteiger partial charge is 0.456 e. The Balaban J connectivity index is 2.17. The van der Waals surface area contributed by atoms with Gasteiger partial charge in [-0.3, -0.25) is 0 Å². The summed E-state index contributed by atoms with van der Waals surface area (Å²) in [5, 5.41) is 4.02. The molecule has 0 saturated carbocycles. The standard InChI is InChI=1S/C16H17BrClNO/c1-3-19-10-12-4-6-16(14(17)9-12)20-15-7-5-13(18)8-11(15)2/h4-9,19H,3,10H2,1-2H3. The molecular formula is C16H17BrClNO. The molecule has 1 N–H and O–H groups in total. The molecule has 2 nitrogen and oxygen atoms in total. The first kappa shape index (κ1) is 15.4. The van der Waals surface area contributed by atoms with Gasteiger partial charge in [-0.1, -0.05) is 24.6 Å². The van der Waals surface area contributed by atoms with Crippen molar-refractivity contribution >= 4 is 27.5 Å². The van der Waals surface area contributed by atoms with E-state index in [1.165, 1.54) is 5.56 Å². The maximum Gasteiger partial charge on any atom is 0.141 e. The van der Waals surface area contributed by atoms with Crippen molar-refractivity contribution in [3.8, 4) is 11.5 Å². The molecule has 0 atom stereocenters. The Hall–Kier alpha value is -1.03. The second-order valence-electron chi connectivity index (χ2n) is 4.56. The van der Waals surface area contributed by atoms with Crippen molar-refractivity contribution in [2.24, 2.45) is 0 Å². The van der Waals surface area contributed by atoms with E-state index in [0.717, 1.165) is 39.6 Å². The van der Waals surface area contributed by atoms with E-state index in [0.29, 0.717) is 0 Å². The summed E-state index contributed by atoms with van der Waals surface area (Å²) < 4.78 is 6.87. The van der Waals surface area contributed by atoms with E-state index >= 15 is 0 Å². The fourth-order valence-corrected chi connectivity index (χ4v) is 2.59. The van der Waals surface area contributed by atoms with Crippen LogP contribution in [-0.2, 0) is 6.54 Å². The van der Waals surface area contributed by atoms with E-state index in [-0.39, 0.29) is 0 Å². The lowest BCUT2D eigenvalue weighted by molar-refractivity contribution is 0.475. The van der Waals surface area contributed by atoms with E-state index in [9.17, 15) is 0 Å². The van der Waals surface area contributed by atoms with Crippen LogP contribution in [0.2, 0.25) is 5.02 Å². The monoisotopic (exact) mass is 353 g/mol. The van der Waals surface area contributed by atoms with Gasteiger partial charge in [0.05, 0.1) is 4.47 Å². The summed E-state index contributed by atoms with van der Waals surface area (Å²) in [5.41, 5.74) is 2.24. The molecule has 0 radical (unpaired) electrons. The number of benzene rings is 2. The Morgan fingerprint density at radius 1 is 1.15 bits per heavy atom. The molecule has 106 valence electrons. The molecule has 0 saturated heterocycles. The third-order valence-electron chi connectivity index (χ3n) is 2.93. The third-order valence-corrected chi connectivity index (χ3v) is 3.79. The maximum absolute atomic E-state index is 5.95. The van der Waals surface area contributed by atoms with Gasteiger partial charge >= 0.3 is 0 Å². The van der Waals surface area contributed by atoms with Gasteiger partial charge in [0, 0.05) is 11.6 Å². The summed E-state index contributed by atoms with van der Waals surface area (Å²) in [6.45, 7) is 5.89. The van der Waals surface area contributed by atoms with Crippen LogP contribution in [0.5, 0.6) is 11.5 Å². The van der Waals surface area contributed by atoms with Gasteiger partial charge in [-0.25, -0.2) is 0 Å². The van der Waals surface area contributed by atoms with Gasteiger partial charge in [-0.2, -0.15) is 0 Å². The van der Waals surface area contributed by atoms with Crippen molar-refractivity contribution in [2.75, 3.05) is 6.54 Å². The number of nitrogens with one attached hydrogen (secondary N) is 1. The molecule has 0 aliphatic rings. The van der Waals surface area contributed by atoms with Crippen LogP contribution in [0.25, 0.3) is 0 Å². The summed E-state index contributed by atoms with van der Waals surface area (Å²) in [5.74, 6) is 1.62. The predicted molar refractivity (Wildman–Crippen MR) is 87.8 cm³/mol. The zero-order chi connectivity index (χ0) is 14.5. The molecule has 2 aromatic carbocycles. The summed E-state index contributed by atoms with van der Waals surface area (Å²) in [6, 6.07) is 11.7. The number of hydrogen-bond acceptors (Lipinski definition) is 2. The second kappa shape index (κ2) is 7.11. The lowest BCUT2D eigenvalue weighted by Gasteiger charge is -2.12. The normalized spacial score (nSPS) is 10.6. The number of hydrogen-bond donors (Lipinski definition) is 1. The molecular weight excluding hydrogens is 338 g/mol. The molecule has 4 heteroatoms. The van der Waals surface area contributed by atoms with Crippen molar-refractivity contribution in [1.29, 1.82) is 0 Å². The predicted octanol–water partition coefficient (Wildman–Crippen LogP) is 5.31. The van der Waals surface area contributed by atoms with Crippen LogP contribution in [-0.4, -0.2) is 6.54 Å². The first-order valence-electron chi connectivity index (χ1n) is 6.53. The van der Waals surface area contributed by atoms with Crippen LogP contribution in [0, 0.1) is 6.92 Å². The van der Waals surface area contributed by atoms with Crippen molar-refractivity contribution in [1.82, 2.24) is 5.32 Å². The Morgan fingerprint density at radius 3 is 2.55 bits per heavy atom. The van der Waals surface area contributed by atoms with E-state index < -0.39 is 0 Å². The highest BCUT2D eigenvalue weighted by Crippen LogP contribution is 2.32. The molecule has 0 aromatic heterocycles. The second-order valence-corrected chi connectivity index (χ2v) is 5.85. The fraction of sp³-hybridized carbons (Fsp3) is 0.250. The number of halogens is 2. The van der Waals surface area contributed by atoms with Crippen molar-refractivity contribution in [3.63, 3.8) is 0 Å². The number of rotatable bonds is 5. The molecule has 0 amide bonds. The smallest absolute Gasteiger partial charge is 0.141 e. The van der Waals surface area contributed by atoms with Crippen LogP contribution in [0.15, 0.2) is 40.9 Å². The molecule has 0 aliphatic heterocycles. The molecule has 0 bridgehead atoms. The Labute approximate surface area is 133 Å². The zero-order valence-electron chi connectivity index (χ0n) is 11.5. The quantitative estimate of drug-likeness (QED) is 0.785. The lowest BCUT2D eigenvalue weighted by Crippen LogP contribution is -2.11. The van der Waals surface area contributed by atoms with E-state index in [1.54, 1.807) is 0 Å². The first-order chi connectivity index (χ1) is 9.60. The van der Waals surface area contributed by atoms with Crippen LogP contribution in [0.4, 0.5) is 0 Å². The van der Waals surface area contributed by atoms with Crippen LogP contribution < -0.4 is 10.1 Å². The minimum absolute atomic E-state index is 0.718.